The van der Waals surface area contributed by atoms with Crippen molar-refractivity contribution in [3.05, 3.63) is 16.9 Å². The molecule has 0 spiro atoms. The van der Waals surface area contributed by atoms with E-state index in [1.54, 1.807) is 11.8 Å². The van der Waals surface area contributed by atoms with Crippen LogP contribution in [0, 0.1) is 5.92 Å². The monoisotopic (exact) mass is 299 g/mol. The van der Waals surface area contributed by atoms with Crippen LogP contribution < -0.4 is 5.73 Å². The van der Waals surface area contributed by atoms with Gasteiger partial charge in [-0.3, -0.25) is 9.48 Å². The zero-order chi connectivity index (χ0) is 14.5. The normalized spacial score (nSPS) is 23.6. The summed E-state index contributed by atoms with van der Waals surface area (Å²) in [6.07, 6.45) is 6.56. The maximum absolute atomic E-state index is 12.8. The average Bonchev–Trinajstić information content (AvgIpc) is 2.65. The van der Waals surface area contributed by atoms with E-state index in [4.69, 9.17) is 22.1 Å². The van der Waals surface area contributed by atoms with Crippen LogP contribution in [0.4, 0.5) is 0 Å². The SMILES string of the molecule is COCCn1ncc(Cl)c1C(=O)C1CCCCCC1N. The van der Waals surface area contributed by atoms with Crippen molar-refractivity contribution in [2.45, 2.75) is 44.7 Å². The predicted octanol–water partition coefficient (Wildman–Crippen LogP) is 2.27. The number of methoxy groups -OCH3 is 1. The Hall–Kier alpha value is -0.910. The molecule has 1 heterocycles. The molecule has 0 aromatic carbocycles. The molecule has 0 amide bonds. The zero-order valence-electron chi connectivity index (χ0n) is 11.8. The summed E-state index contributed by atoms with van der Waals surface area (Å²) < 4.78 is 6.67. The Bertz CT molecular complexity index is 461. The number of nitrogens with two attached hydrogens (primary N) is 1. The predicted molar refractivity (Wildman–Crippen MR) is 78.0 cm³/mol. The summed E-state index contributed by atoms with van der Waals surface area (Å²) in [5, 5.41) is 4.57. The highest BCUT2D eigenvalue weighted by Gasteiger charge is 2.31. The lowest BCUT2D eigenvalue weighted by Crippen LogP contribution is -2.35. The molecule has 1 aromatic heterocycles. The Balaban J connectivity index is 2.20. The molecule has 1 fully saturated rings. The molecule has 6 heteroatoms. The first-order chi connectivity index (χ1) is 9.65. The molecule has 0 aliphatic heterocycles. The summed E-state index contributed by atoms with van der Waals surface area (Å²) in [6.45, 7) is 1.02. The molecule has 1 aliphatic carbocycles. The van der Waals surface area contributed by atoms with Crippen LogP contribution >= 0.6 is 11.6 Å². The molecule has 0 saturated heterocycles. The van der Waals surface area contributed by atoms with Crippen LogP contribution in [0.3, 0.4) is 0 Å². The number of carbonyl (C=O) groups is 1. The maximum Gasteiger partial charge on any atom is 0.187 e. The largest absolute Gasteiger partial charge is 0.383 e. The molecule has 112 valence electrons. The van der Waals surface area contributed by atoms with Crippen LogP contribution in [0.2, 0.25) is 5.02 Å². The van der Waals surface area contributed by atoms with Crippen molar-refractivity contribution in [1.82, 2.24) is 9.78 Å². The van der Waals surface area contributed by atoms with Crippen molar-refractivity contribution in [3.63, 3.8) is 0 Å². The minimum absolute atomic E-state index is 0.0259. The number of carbonyl (C=O) groups excluding carboxylic acids is 1. The highest BCUT2D eigenvalue weighted by Crippen LogP contribution is 2.28. The van der Waals surface area contributed by atoms with E-state index in [1.807, 2.05) is 0 Å². The molecule has 2 rings (SSSR count). The van der Waals surface area contributed by atoms with Gasteiger partial charge in [0.2, 0.25) is 0 Å². The van der Waals surface area contributed by atoms with E-state index in [9.17, 15) is 4.79 Å². The van der Waals surface area contributed by atoms with Crippen molar-refractivity contribution in [3.8, 4) is 0 Å². The average molecular weight is 300 g/mol. The zero-order valence-corrected chi connectivity index (χ0v) is 12.6. The van der Waals surface area contributed by atoms with Gasteiger partial charge in [0.15, 0.2) is 5.78 Å². The molecule has 1 saturated carbocycles. The van der Waals surface area contributed by atoms with Gasteiger partial charge in [-0.05, 0) is 12.8 Å². The topological polar surface area (TPSA) is 70.1 Å². The second-order valence-electron chi connectivity index (χ2n) is 5.33. The van der Waals surface area contributed by atoms with E-state index >= 15 is 0 Å². The van der Waals surface area contributed by atoms with E-state index in [-0.39, 0.29) is 17.7 Å². The fraction of sp³-hybridized carbons (Fsp3) is 0.714. The number of hydrogen-bond acceptors (Lipinski definition) is 4. The third-order valence-corrected chi connectivity index (χ3v) is 4.22. The van der Waals surface area contributed by atoms with Crippen LogP contribution in [-0.4, -0.2) is 35.3 Å². The smallest absolute Gasteiger partial charge is 0.187 e. The lowest BCUT2D eigenvalue weighted by Gasteiger charge is -2.20. The Morgan fingerprint density at radius 1 is 1.50 bits per heavy atom. The molecule has 0 radical (unpaired) electrons. The molecule has 5 nitrogen and oxygen atoms in total. The van der Waals surface area contributed by atoms with Crippen LogP contribution in [0.1, 0.15) is 42.6 Å². The number of nitrogens with zero attached hydrogens (tertiary/aromatic N) is 2. The van der Waals surface area contributed by atoms with Crippen LogP contribution in [-0.2, 0) is 11.3 Å². The van der Waals surface area contributed by atoms with Gasteiger partial charge in [0.05, 0.1) is 24.4 Å². The summed E-state index contributed by atoms with van der Waals surface area (Å²) in [7, 11) is 1.62. The Morgan fingerprint density at radius 3 is 3.00 bits per heavy atom. The number of hydrogen-bond donors (Lipinski definition) is 1. The molecule has 0 bridgehead atoms. The van der Waals surface area contributed by atoms with E-state index < -0.39 is 0 Å². The Labute approximate surface area is 124 Å². The molecule has 2 atom stereocenters. The van der Waals surface area contributed by atoms with Gasteiger partial charge in [0.1, 0.15) is 5.69 Å². The number of aromatic nitrogens is 2. The molecule has 20 heavy (non-hydrogen) atoms. The van der Waals surface area contributed by atoms with Gasteiger partial charge in [-0.2, -0.15) is 5.10 Å². The van der Waals surface area contributed by atoms with Crippen LogP contribution in [0.15, 0.2) is 6.20 Å². The summed E-state index contributed by atoms with van der Waals surface area (Å²) >= 11 is 6.14. The van der Waals surface area contributed by atoms with Gasteiger partial charge < -0.3 is 10.5 Å². The Morgan fingerprint density at radius 2 is 2.25 bits per heavy atom. The van der Waals surface area contributed by atoms with Gasteiger partial charge in [0, 0.05) is 19.1 Å². The molecule has 2 N–H and O–H groups in total. The van der Waals surface area contributed by atoms with Crippen LogP contribution in [0.25, 0.3) is 0 Å². The third-order valence-electron chi connectivity index (χ3n) is 3.94. The second-order valence-corrected chi connectivity index (χ2v) is 5.74. The first kappa shape index (κ1) is 15.5. The number of ether oxygens (including phenoxy) is 1. The van der Waals surface area contributed by atoms with Gasteiger partial charge in [-0.1, -0.05) is 30.9 Å². The van der Waals surface area contributed by atoms with Crippen molar-refractivity contribution in [2.75, 3.05) is 13.7 Å². The lowest BCUT2D eigenvalue weighted by atomic mass is 9.89. The van der Waals surface area contributed by atoms with Gasteiger partial charge >= 0.3 is 0 Å². The number of Topliss-reactive ketones (excluding diaryl/α,β-unsaturated/α-hetero) is 1. The van der Waals surface area contributed by atoms with Crippen molar-refractivity contribution >= 4 is 17.4 Å². The van der Waals surface area contributed by atoms with E-state index in [0.29, 0.717) is 23.9 Å². The molecule has 1 aromatic rings. The second kappa shape index (κ2) is 7.20. The Kier molecular flexibility index (Phi) is 5.57. The van der Waals surface area contributed by atoms with Crippen molar-refractivity contribution in [2.24, 2.45) is 11.7 Å². The van der Waals surface area contributed by atoms with Gasteiger partial charge in [0.25, 0.3) is 0 Å². The quantitative estimate of drug-likeness (QED) is 0.669. The highest BCUT2D eigenvalue weighted by atomic mass is 35.5. The first-order valence-corrected chi connectivity index (χ1v) is 7.53. The molecular formula is C14H22ClN3O2. The molecular weight excluding hydrogens is 278 g/mol. The lowest BCUT2D eigenvalue weighted by molar-refractivity contribution is 0.0880. The minimum Gasteiger partial charge on any atom is -0.383 e. The number of ketones is 1. The first-order valence-electron chi connectivity index (χ1n) is 7.15. The van der Waals surface area contributed by atoms with E-state index in [2.05, 4.69) is 5.10 Å². The number of halogens is 1. The summed E-state index contributed by atoms with van der Waals surface area (Å²) in [5.41, 5.74) is 6.65. The van der Waals surface area contributed by atoms with Gasteiger partial charge in [-0.25, -0.2) is 0 Å². The van der Waals surface area contributed by atoms with E-state index in [0.717, 1.165) is 32.1 Å². The third kappa shape index (κ3) is 3.40. The van der Waals surface area contributed by atoms with Crippen molar-refractivity contribution < 1.29 is 9.53 Å². The maximum atomic E-state index is 12.8. The van der Waals surface area contributed by atoms with Gasteiger partial charge in [-0.15, -0.1) is 0 Å². The summed E-state index contributed by atoms with van der Waals surface area (Å²) in [5.74, 6) is -0.119. The summed E-state index contributed by atoms with van der Waals surface area (Å²) in [6, 6.07) is -0.0770. The van der Waals surface area contributed by atoms with E-state index in [1.165, 1.54) is 6.20 Å². The minimum atomic E-state index is -0.145. The standard InChI is InChI=1S/C14H22ClN3O2/c1-20-8-7-18-13(11(15)9-17-18)14(19)10-5-3-2-4-6-12(10)16/h9-10,12H,2-8,16H2,1H3. The summed E-state index contributed by atoms with van der Waals surface area (Å²) in [4.78, 5) is 12.8. The fourth-order valence-corrected chi connectivity index (χ4v) is 3.03. The number of rotatable bonds is 5. The van der Waals surface area contributed by atoms with Crippen molar-refractivity contribution in [1.29, 1.82) is 0 Å². The fourth-order valence-electron chi connectivity index (χ4n) is 2.79. The molecule has 2 unspecified atom stereocenters. The van der Waals surface area contributed by atoms with Crippen LogP contribution in [0.5, 0.6) is 0 Å². The molecule has 1 aliphatic rings. The highest BCUT2D eigenvalue weighted by molar-refractivity contribution is 6.33.